The van der Waals surface area contributed by atoms with E-state index in [2.05, 4.69) is 15.3 Å². The summed E-state index contributed by atoms with van der Waals surface area (Å²) in [4.78, 5) is 31.0. The van der Waals surface area contributed by atoms with Crippen molar-refractivity contribution in [3.63, 3.8) is 0 Å². The molecule has 1 aliphatic heterocycles. The summed E-state index contributed by atoms with van der Waals surface area (Å²) < 4.78 is 13.0. The van der Waals surface area contributed by atoms with Gasteiger partial charge < -0.3 is 10.3 Å². The molecule has 1 amide bonds. The van der Waals surface area contributed by atoms with E-state index >= 15 is 0 Å². The van der Waals surface area contributed by atoms with Gasteiger partial charge in [0.1, 0.15) is 11.6 Å². The quantitative estimate of drug-likeness (QED) is 0.658. The number of carbonyl (C=O) groups is 1. The molecule has 1 aliphatic rings. The lowest BCUT2D eigenvalue weighted by molar-refractivity contribution is -0.116. The maximum atomic E-state index is 13.0. The number of anilines is 1. The van der Waals surface area contributed by atoms with Crippen molar-refractivity contribution >= 4 is 23.5 Å². The molecule has 0 radical (unpaired) electrons. The summed E-state index contributed by atoms with van der Waals surface area (Å²) in [5, 5.41) is 3.07. The number of hydrogen-bond donors (Lipinski definition) is 2. The molecule has 5 nitrogen and oxygen atoms in total. The largest absolute Gasteiger partial charge is 0.310 e. The molecule has 2 heterocycles. The highest BCUT2D eigenvalue weighted by Crippen LogP contribution is 2.34. The summed E-state index contributed by atoms with van der Waals surface area (Å²) in [5.74, 6) is -0.693. The number of aromatic nitrogens is 2. The molecule has 0 aliphatic carbocycles. The minimum Gasteiger partial charge on any atom is -0.310 e. The third-order valence-electron chi connectivity index (χ3n) is 3.40. The average Bonchev–Trinajstić information content (AvgIpc) is 2.46. The molecule has 0 spiro atoms. The third-order valence-corrected chi connectivity index (χ3v) is 3.98. The summed E-state index contributed by atoms with van der Waals surface area (Å²) in [7, 11) is 0. The van der Waals surface area contributed by atoms with Gasteiger partial charge in [0.2, 0.25) is 5.91 Å². The number of hydrogen-bond acceptors (Lipinski definition) is 4. The molecule has 0 bridgehead atoms. The molecule has 0 unspecified atom stereocenters. The van der Waals surface area contributed by atoms with Gasteiger partial charge >= 0.3 is 0 Å². The lowest BCUT2D eigenvalue weighted by Crippen LogP contribution is -2.31. The Labute approximate surface area is 124 Å². The normalized spacial score (nSPS) is 17.2. The molecule has 1 aromatic heterocycles. The topological polar surface area (TPSA) is 74.8 Å². The summed E-state index contributed by atoms with van der Waals surface area (Å²) in [6.07, 6.45) is 1.93. The van der Waals surface area contributed by atoms with Crippen LogP contribution in [0.5, 0.6) is 0 Å². The van der Waals surface area contributed by atoms with Crippen LogP contribution in [-0.2, 0) is 4.79 Å². The van der Waals surface area contributed by atoms with Crippen LogP contribution in [0.3, 0.4) is 0 Å². The first-order chi connectivity index (χ1) is 10.1. The van der Waals surface area contributed by atoms with E-state index < -0.39 is 5.92 Å². The molecule has 1 aromatic carbocycles. The molecule has 2 N–H and O–H groups in total. The summed E-state index contributed by atoms with van der Waals surface area (Å²) in [6, 6.07) is 5.81. The molecule has 0 saturated carbocycles. The van der Waals surface area contributed by atoms with Crippen molar-refractivity contribution in [2.24, 2.45) is 0 Å². The number of aromatic amines is 1. The van der Waals surface area contributed by atoms with Crippen molar-refractivity contribution in [1.29, 1.82) is 0 Å². The van der Waals surface area contributed by atoms with Gasteiger partial charge in [-0.3, -0.25) is 9.59 Å². The van der Waals surface area contributed by atoms with E-state index in [0.717, 1.165) is 5.56 Å². The molecule has 0 saturated heterocycles. The van der Waals surface area contributed by atoms with Crippen molar-refractivity contribution in [1.82, 2.24) is 9.97 Å². The van der Waals surface area contributed by atoms with E-state index in [1.165, 1.54) is 23.9 Å². The Hall–Kier alpha value is -2.15. The Morgan fingerprint density at radius 3 is 2.67 bits per heavy atom. The fourth-order valence-electron chi connectivity index (χ4n) is 2.43. The molecule has 0 fully saturated rings. The number of fused-ring (bicyclic) bond motifs is 1. The zero-order chi connectivity index (χ0) is 15.0. The highest BCUT2D eigenvalue weighted by molar-refractivity contribution is 7.98. The van der Waals surface area contributed by atoms with Crippen LogP contribution < -0.4 is 10.9 Å². The van der Waals surface area contributed by atoms with Gasteiger partial charge in [0.05, 0.1) is 5.56 Å². The zero-order valence-electron chi connectivity index (χ0n) is 11.1. The number of nitrogens with zero attached hydrogens (tertiary/aromatic N) is 1. The predicted molar refractivity (Wildman–Crippen MR) is 78.1 cm³/mol. The number of thioether (sulfide) groups is 1. The van der Waals surface area contributed by atoms with Crippen LogP contribution in [0.25, 0.3) is 0 Å². The number of halogens is 1. The molecule has 108 valence electrons. The van der Waals surface area contributed by atoms with Gasteiger partial charge in [-0.25, -0.2) is 9.37 Å². The van der Waals surface area contributed by atoms with E-state index in [1.54, 1.807) is 18.4 Å². The van der Waals surface area contributed by atoms with Gasteiger partial charge in [-0.15, -0.1) is 0 Å². The molecule has 7 heteroatoms. The fraction of sp³-hybridized carbons (Fsp3) is 0.214. The first kappa shape index (κ1) is 13.8. The second-order valence-electron chi connectivity index (χ2n) is 4.69. The van der Waals surface area contributed by atoms with E-state index in [9.17, 15) is 14.0 Å². The molecule has 2 aromatic rings. The highest BCUT2D eigenvalue weighted by Gasteiger charge is 2.30. The van der Waals surface area contributed by atoms with Gasteiger partial charge in [0, 0.05) is 12.3 Å². The molecular formula is C14H12FN3O2S. The average molecular weight is 305 g/mol. The van der Waals surface area contributed by atoms with E-state index in [-0.39, 0.29) is 29.5 Å². The molecular weight excluding hydrogens is 293 g/mol. The Bertz CT molecular complexity index is 758. The first-order valence-electron chi connectivity index (χ1n) is 6.32. The van der Waals surface area contributed by atoms with Crippen molar-refractivity contribution in [2.75, 3.05) is 11.6 Å². The van der Waals surface area contributed by atoms with Crippen LogP contribution in [0.15, 0.2) is 34.2 Å². The third kappa shape index (κ3) is 2.56. The predicted octanol–water partition coefficient (Wildman–Crippen LogP) is 2.10. The van der Waals surface area contributed by atoms with Gasteiger partial charge in [0.15, 0.2) is 5.16 Å². The minimum absolute atomic E-state index is 0.141. The summed E-state index contributed by atoms with van der Waals surface area (Å²) in [5.41, 5.74) is 0.856. The number of amides is 1. The van der Waals surface area contributed by atoms with Gasteiger partial charge in [0.25, 0.3) is 5.56 Å². The monoisotopic (exact) mass is 305 g/mol. The second-order valence-corrected chi connectivity index (χ2v) is 5.49. The van der Waals surface area contributed by atoms with Crippen molar-refractivity contribution in [3.8, 4) is 0 Å². The van der Waals surface area contributed by atoms with Crippen LogP contribution in [0, 0.1) is 5.82 Å². The number of benzene rings is 1. The van der Waals surface area contributed by atoms with Crippen LogP contribution in [0.4, 0.5) is 10.2 Å². The Kier molecular flexibility index (Phi) is 3.50. The summed E-state index contributed by atoms with van der Waals surface area (Å²) in [6.45, 7) is 0. The summed E-state index contributed by atoms with van der Waals surface area (Å²) >= 11 is 1.29. The molecule has 3 rings (SSSR count). The van der Waals surface area contributed by atoms with Crippen molar-refractivity contribution in [2.45, 2.75) is 17.5 Å². The van der Waals surface area contributed by atoms with Crippen LogP contribution in [0.1, 0.15) is 23.5 Å². The lowest BCUT2D eigenvalue weighted by atomic mass is 9.87. The number of carbonyl (C=O) groups excluding carboxylic acids is 1. The second kappa shape index (κ2) is 5.33. The lowest BCUT2D eigenvalue weighted by Gasteiger charge is -2.24. The Balaban J connectivity index is 2.15. The minimum atomic E-state index is -0.415. The smallest absolute Gasteiger partial charge is 0.257 e. The number of nitrogens with one attached hydrogen (secondary N) is 2. The molecule has 21 heavy (non-hydrogen) atoms. The van der Waals surface area contributed by atoms with Gasteiger partial charge in [-0.2, -0.15) is 0 Å². The highest BCUT2D eigenvalue weighted by atomic mass is 32.2. The van der Waals surface area contributed by atoms with E-state index in [4.69, 9.17) is 0 Å². The van der Waals surface area contributed by atoms with Crippen LogP contribution in [0.2, 0.25) is 0 Å². The van der Waals surface area contributed by atoms with Crippen molar-refractivity contribution in [3.05, 3.63) is 51.6 Å². The SMILES string of the molecule is CSc1nc2c(c(=O)[nH]1)[C@H](c1ccc(F)cc1)CC(=O)N2. The maximum absolute atomic E-state index is 13.0. The maximum Gasteiger partial charge on any atom is 0.257 e. The standard InChI is InChI=1S/C14H12FN3O2S/c1-21-14-17-12-11(13(20)18-14)9(6-10(19)16-12)7-2-4-8(15)5-3-7/h2-5,9H,6H2,1H3,(H2,16,17,18,19,20)/t9-/m0/s1. The van der Waals surface area contributed by atoms with Crippen LogP contribution >= 0.6 is 11.8 Å². The van der Waals surface area contributed by atoms with E-state index in [1.807, 2.05) is 0 Å². The Morgan fingerprint density at radius 1 is 1.29 bits per heavy atom. The van der Waals surface area contributed by atoms with Gasteiger partial charge in [-0.1, -0.05) is 23.9 Å². The molecule has 1 atom stereocenters. The number of H-pyrrole nitrogens is 1. The van der Waals surface area contributed by atoms with Gasteiger partial charge in [-0.05, 0) is 24.0 Å². The van der Waals surface area contributed by atoms with Crippen molar-refractivity contribution < 1.29 is 9.18 Å². The van der Waals surface area contributed by atoms with E-state index in [0.29, 0.717) is 10.7 Å². The zero-order valence-corrected chi connectivity index (χ0v) is 12.0. The van der Waals surface area contributed by atoms with Crippen LogP contribution in [-0.4, -0.2) is 22.1 Å². The first-order valence-corrected chi connectivity index (χ1v) is 7.54. The Morgan fingerprint density at radius 2 is 2.00 bits per heavy atom. The fourth-order valence-corrected chi connectivity index (χ4v) is 2.80. The number of rotatable bonds is 2.